The molecule has 3 N–H and O–H groups in total. The Morgan fingerprint density at radius 1 is 1.53 bits per heavy atom. The van der Waals surface area contributed by atoms with Crippen molar-refractivity contribution in [1.29, 1.82) is 0 Å². The number of aryl methyl sites for hydroxylation is 1. The highest BCUT2D eigenvalue weighted by Gasteiger charge is 2.36. The number of carbonyl (C=O) groups excluding carboxylic acids is 1. The maximum absolute atomic E-state index is 12.1. The Bertz CT molecular complexity index is 437. The van der Waals surface area contributed by atoms with Crippen molar-refractivity contribution in [1.82, 2.24) is 5.32 Å². The third-order valence-electron chi connectivity index (χ3n) is 3.36. The van der Waals surface area contributed by atoms with Crippen LogP contribution in [0.3, 0.4) is 0 Å². The summed E-state index contributed by atoms with van der Waals surface area (Å²) in [5.74, 6) is 0.0540. The summed E-state index contributed by atoms with van der Waals surface area (Å²) in [5.41, 5.74) is 0.716. The lowest BCUT2D eigenvalue weighted by molar-refractivity contribution is -0.121. The van der Waals surface area contributed by atoms with E-state index in [0.29, 0.717) is 5.69 Å². The van der Waals surface area contributed by atoms with Crippen molar-refractivity contribution in [3.05, 3.63) is 23.8 Å². The van der Waals surface area contributed by atoms with E-state index in [9.17, 15) is 9.90 Å². The number of nitrogens with one attached hydrogen (secondary N) is 2. The fourth-order valence-electron chi connectivity index (χ4n) is 2.11. The quantitative estimate of drug-likeness (QED) is 0.684. The van der Waals surface area contributed by atoms with Gasteiger partial charge in [0, 0.05) is 0 Å². The molecule has 1 fully saturated rings. The van der Waals surface area contributed by atoms with E-state index in [1.807, 2.05) is 13.0 Å². The van der Waals surface area contributed by atoms with Crippen molar-refractivity contribution in [3.8, 4) is 5.75 Å². The molecule has 0 aliphatic carbocycles. The molecule has 0 radical (unpaired) electrons. The molecular weight excluding hydrogens is 216 g/mol. The molecule has 4 nitrogen and oxygen atoms in total. The van der Waals surface area contributed by atoms with E-state index < -0.39 is 5.54 Å². The van der Waals surface area contributed by atoms with Crippen LogP contribution in [-0.4, -0.2) is 23.1 Å². The second-order valence-corrected chi connectivity index (χ2v) is 4.79. The molecular formula is C13H18N2O2. The summed E-state index contributed by atoms with van der Waals surface area (Å²) < 4.78 is 0. The predicted octanol–water partition coefficient (Wildman–Crippen LogP) is 1.78. The molecule has 2 rings (SSSR count). The molecule has 1 aromatic rings. The van der Waals surface area contributed by atoms with Crippen LogP contribution in [0.4, 0.5) is 5.69 Å². The van der Waals surface area contributed by atoms with Gasteiger partial charge in [0.15, 0.2) is 0 Å². The molecule has 0 spiro atoms. The zero-order chi connectivity index (χ0) is 12.5. The lowest BCUT2D eigenvalue weighted by Gasteiger charge is -2.23. The smallest absolute Gasteiger partial charge is 0.244 e. The molecule has 1 saturated heterocycles. The zero-order valence-electron chi connectivity index (χ0n) is 10.2. The van der Waals surface area contributed by atoms with Crippen LogP contribution < -0.4 is 10.6 Å². The van der Waals surface area contributed by atoms with Crippen LogP contribution in [0.5, 0.6) is 5.75 Å². The van der Waals surface area contributed by atoms with Gasteiger partial charge in [-0.3, -0.25) is 4.79 Å². The van der Waals surface area contributed by atoms with Crippen LogP contribution in [-0.2, 0) is 4.79 Å². The van der Waals surface area contributed by atoms with Gasteiger partial charge in [0.25, 0.3) is 0 Å². The number of phenolic OH excluding ortho intramolecular Hbond substituents is 1. The summed E-state index contributed by atoms with van der Waals surface area (Å²) in [5, 5.41) is 15.8. The van der Waals surface area contributed by atoms with Crippen molar-refractivity contribution in [2.75, 3.05) is 11.9 Å². The van der Waals surface area contributed by atoms with Crippen LogP contribution in [0.2, 0.25) is 0 Å². The maximum Gasteiger partial charge on any atom is 0.244 e. The maximum atomic E-state index is 12.1. The first kappa shape index (κ1) is 11.9. The van der Waals surface area contributed by atoms with E-state index in [1.165, 1.54) is 0 Å². The molecule has 1 unspecified atom stereocenters. The van der Waals surface area contributed by atoms with Gasteiger partial charge in [0.2, 0.25) is 5.91 Å². The van der Waals surface area contributed by atoms with E-state index in [0.717, 1.165) is 24.9 Å². The number of carbonyl (C=O) groups is 1. The molecule has 4 heteroatoms. The number of hydrogen-bond donors (Lipinski definition) is 3. The molecule has 1 aliphatic rings. The monoisotopic (exact) mass is 234 g/mol. The number of rotatable bonds is 2. The number of hydrogen-bond acceptors (Lipinski definition) is 3. The minimum atomic E-state index is -0.518. The molecule has 1 aromatic carbocycles. The lowest BCUT2D eigenvalue weighted by Crippen LogP contribution is -2.47. The van der Waals surface area contributed by atoms with E-state index >= 15 is 0 Å². The van der Waals surface area contributed by atoms with Crippen molar-refractivity contribution in [3.63, 3.8) is 0 Å². The first-order chi connectivity index (χ1) is 8.03. The number of phenols is 1. The Morgan fingerprint density at radius 3 is 2.94 bits per heavy atom. The van der Waals surface area contributed by atoms with Gasteiger partial charge in [0.05, 0.1) is 11.2 Å². The Balaban J connectivity index is 2.16. The van der Waals surface area contributed by atoms with E-state index in [-0.39, 0.29) is 11.7 Å². The first-order valence-corrected chi connectivity index (χ1v) is 5.88. The van der Waals surface area contributed by atoms with Crippen molar-refractivity contribution in [2.24, 2.45) is 0 Å². The molecule has 0 saturated carbocycles. The van der Waals surface area contributed by atoms with Gasteiger partial charge >= 0.3 is 0 Å². The first-order valence-electron chi connectivity index (χ1n) is 5.88. The van der Waals surface area contributed by atoms with Crippen LogP contribution >= 0.6 is 0 Å². The highest BCUT2D eigenvalue weighted by Crippen LogP contribution is 2.28. The second-order valence-electron chi connectivity index (χ2n) is 4.79. The average molecular weight is 234 g/mol. The van der Waals surface area contributed by atoms with Crippen molar-refractivity contribution < 1.29 is 9.90 Å². The molecule has 92 valence electrons. The van der Waals surface area contributed by atoms with Gasteiger partial charge in [-0.2, -0.15) is 0 Å². The van der Waals surface area contributed by atoms with E-state index in [2.05, 4.69) is 10.6 Å². The number of benzene rings is 1. The summed E-state index contributed by atoms with van der Waals surface area (Å²) in [6.07, 6.45) is 1.83. The zero-order valence-corrected chi connectivity index (χ0v) is 10.2. The van der Waals surface area contributed by atoms with Crippen molar-refractivity contribution in [2.45, 2.75) is 32.2 Å². The Morgan fingerprint density at radius 2 is 2.29 bits per heavy atom. The number of amides is 1. The Labute approximate surface area is 101 Å². The van der Waals surface area contributed by atoms with Crippen LogP contribution in [0, 0.1) is 6.92 Å². The topological polar surface area (TPSA) is 61.4 Å². The fraction of sp³-hybridized carbons (Fsp3) is 0.462. The lowest BCUT2D eigenvalue weighted by atomic mass is 9.99. The standard InChI is InChI=1S/C13H18N2O2/c1-9-5-3-6-10(11(9)16)15-12(17)13(2)7-4-8-14-13/h3,5-6,14,16H,4,7-8H2,1-2H3,(H,15,17). The third-order valence-corrected chi connectivity index (χ3v) is 3.36. The molecule has 1 heterocycles. The van der Waals surface area contributed by atoms with Gasteiger partial charge in [-0.1, -0.05) is 12.1 Å². The Kier molecular flexibility index (Phi) is 3.07. The minimum Gasteiger partial charge on any atom is -0.505 e. The molecule has 1 atom stereocenters. The predicted molar refractivity (Wildman–Crippen MR) is 67.1 cm³/mol. The average Bonchev–Trinajstić information content (AvgIpc) is 2.73. The number of aromatic hydroxyl groups is 1. The third kappa shape index (κ3) is 2.26. The highest BCUT2D eigenvalue weighted by molar-refractivity contribution is 5.99. The number of anilines is 1. The number of para-hydroxylation sites is 1. The molecule has 1 aliphatic heterocycles. The summed E-state index contributed by atoms with van der Waals surface area (Å²) in [4.78, 5) is 12.1. The van der Waals surface area contributed by atoms with E-state index in [1.54, 1.807) is 19.1 Å². The molecule has 0 bridgehead atoms. The largest absolute Gasteiger partial charge is 0.505 e. The Hall–Kier alpha value is -1.55. The van der Waals surface area contributed by atoms with Crippen LogP contribution in [0.25, 0.3) is 0 Å². The summed E-state index contributed by atoms with van der Waals surface area (Å²) in [6.45, 7) is 4.56. The van der Waals surface area contributed by atoms with Crippen LogP contribution in [0.15, 0.2) is 18.2 Å². The summed E-state index contributed by atoms with van der Waals surface area (Å²) >= 11 is 0. The summed E-state index contributed by atoms with van der Waals surface area (Å²) in [7, 11) is 0. The minimum absolute atomic E-state index is 0.0871. The van der Waals surface area contributed by atoms with Crippen LogP contribution in [0.1, 0.15) is 25.3 Å². The van der Waals surface area contributed by atoms with Gasteiger partial charge < -0.3 is 15.7 Å². The van der Waals surface area contributed by atoms with E-state index in [4.69, 9.17) is 0 Å². The van der Waals surface area contributed by atoms with Gasteiger partial charge in [0.1, 0.15) is 5.75 Å². The fourth-order valence-corrected chi connectivity index (χ4v) is 2.11. The van der Waals surface area contributed by atoms with Gasteiger partial charge in [-0.25, -0.2) is 0 Å². The second kappa shape index (κ2) is 4.37. The summed E-state index contributed by atoms with van der Waals surface area (Å²) in [6, 6.07) is 5.33. The van der Waals surface area contributed by atoms with Crippen molar-refractivity contribution >= 4 is 11.6 Å². The molecule has 17 heavy (non-hydrogen) atoms. The molecule has 0 aromatic heterocycles. The van der Waals surface area contributed by atoms with Gasteiger partial charge in [-0.05, 0) is 44.9 Å². The molecule has 1 amide bonds. The SMILES string of the molecule is Cc1cccc(NC(=O)C2(C)CCCN2)c1O. The highest BCUT2D eigenvalue weighted by atomic mass is 16.3. The normalized spacial score (nSPS) is 23.6. The van der Waals surface area contributed by atoms with Gasteiger partial charge in [-0.15, -0.1) is 0 Å².